The van der Waals surface area contributed by atoms with Crippen molar-refractivity contribution in [1.29, 1.82) is 0 Å². The highest BCUT2D eigenvalue weighted by Gasteiger charge is 2.21. The lowest BCUT2D eigenvalue weighted by Gasteiger charge is -2.26. The molecule has 0 aromatic heterocycles. The molecule has 0 amide bonds. The van der Waals surface area contributed by atoms with Gasteiger partial charge >= 0.3 is 0 Å². The van der Waals surface area contributed by atoms with Crippen LogP contribution in [0.3, 0.4) is 0 Å². The molecule has 2 heteroatoms. The zero-order chi connectivity index (χ0) is 10.8. The Morgan fingerprint density at radius 1 is 1.25 bits per heavy atom. The minimum Gasteiger partial charge on any atom is -0.380 e. The van der Waals surface area contributed by atoms with Gasteiger partial charge in [-0.05, 0) is 24.5 Å². The number of para-hydroxylation sites is 1. The molecule has 2 heterocycles. The predicted molar refractivity (Wildman–Crippen MR) is 67.8 cm³/mol. The van der Waals surface area contributed by atoms with E-state index in [1.54, 1.807) is 0 Å². The van der Waals surface area contributed by atoms with Crippen LogP contribution in [0.2, 0.25) is 0 Å². The van der Waals surface area contributed by atoms with Crippen molar-refractivity contribution in [1.82, 2.24) is 4.90 Å². The molecule has 1 N–H and O–H groups in total. The molecule has 1 aromatic rings. The van der Waals surface area contributed by atoms with Crippen LogP contribution in [0.15, 0.2) is 36.4 Å². The summed E-state index contributed by atoms with van der Waals surface area (Å²) >= 11 is 0. The first-order valence-electron chi connectivity index (χ1n) is 6.13. The number of benzene rings is 1. The standard InChI is InChI=1S/C14H18N2/c1-4-8-16(9-5-1)11-13-10-12-6-2-3-7-14(12)15-13/h1-4,6-7,13,15H,5,8-11H2. The number of fused-ring (bicyclic) bond motifs is 1. The Morgan fingerprint density at radius 2 is 2.19 bits per heavy atom. The van der Waals surface area contributed by atoms with E-state index in [9.17, 15) is 0 Å². The molecule has 0 spiro atoms. The largest absolute Gasteiger partial charge is 0.380 e. The van der Waals surface area contributed by atoms with Crippen LogP contribution in [0, 0.1) is 0 Å². The monoisotopic (exact) mass is 214 g/mol. The Hall–Kier alpha value is -1.28. The third-order valence-corrected chi connectivity index (χ3v) is 3.46. The molecule has 2 aliphatic heterocycles. The van der Waals surface area contributed by atoms with Gasteiger partial charge in [0.25, 0.3) is 0 Å². The highest BCUT2D eigenvalue weighted by atomic mass is 15.2. The van der Waals surface area contributed by atoms with E-state index in [0.29, 0.717) is 6.04 Å². The van der Waals surface area contributed by atoms with Crippen molar-refractivity contribution in [3.05, 3.63) is 42.0 Å². The van der Waals surface area contributed by atoms with Crippen LogP contribution in [0.25, 0.3) is 0 Å². The molecule has 0 aliphatic carbocycles. The van der Waals surface area contributed by atoms with E-state index in [2.05, 4.69) is 46.6 Å². The third kappa shape index (κ3) is 1.98. The Bertz CT molecular complexity index is 372. The second kappa shape index (κ2) is 4.30. The van der Waals surface area contributed by atoms with Crippen molar-refractivity contribution in [2.45, 2.75) is 18.9 Å². The Kier molecular flexibility index (Phi) is 2.66. The van der Waals surface area contributed by atoms with Crippen molar-refractivity contribution < 1.29 is 0 Å². The Labute approximate surface area is 97.0 Å². The number of nitrogens with one attached hydrogen (secondary N) is 1. The summed E-state index contributed by atoms with van der Waals surface area (Å²) in [4.78, 5) is 2.53. The smallest absolute Gasteiger partial charge is 0.0429 e. The van der Waals surface area contributed by atoms with E-state index in [4.69, 9.17) is 0 Å². The van der Waals surface area contributed by atoms with Gasteiger partial charge in [0, 0.05) is 31.4 Å². The van der Waals surface area contributed by atoms with Gasteiger partial charge in [0.05, 0.1) is 0 Å². The number of anilines is 1. The van der Waals surface area contributed by atoms with Crippen molar-refractivity contribution in [2.75, 3.05) is 25.0 Å². The van der Waals surface area contributed by atoms with E-state index < -0.39 is 0 Å². The summed E-state index contributed by atoms with van der Waals surface area (Å²) < 4.78 is 0. The van der Waals surface area contributed by atoms with Crippen LogP contribution < -0.4 is 5.32 Å². The summed E-state index contributed by atoms with van der Waals surface area (Å²) in [5.41, 5.74) is 2.81. The molecule has 1 aromatic carbocycles. The first-order chi connectivity index (χ1) is 7.92. The van der Waals surface area contributed by atoms with Crippen LogP contribution in [0.1, 0.15) is 12.0 Å². The third-order valence-electron chi connectivity index (χ3n) is 3.46. The summed E-state index contributed by atoms with van der Waals surface area (Å²) in [7, 11) is 0. The fraction of sp³-hybridized carbons (Fsp3) is 0.429. The Morgan fingerprint density at radius 3 is 3.00 bits per heavy atom. The average molecular weight is 214 g/mol. The second-order valence-electron chi connectivity index (χ2n) is 4.72. The fourth-order valence-corrected chi connectivity index (χ4v) is 2.65. The van der Waals surface area contributed by atoms with Crippen molar-refractivity contribution in [3.8, 4) is 0 Å². The van der Waals surface area contributed by atoms with E-state index >= 15 is 0 Å². The molecular weight excluding hydrogens is 196 g/mol. The molecular formula is C14H18N2. The maximum absolute atomic E-state index is 3.62. The fourth-order valence-electron chi connectivity index (χ4n) is 2.65. The number of nitrogens with zero attached hydrogens (tertiary/aromatic N) is 1. The van der Waals surface area contributed by atoms with Crippen LogP contribution in [0.5, 0.6) is 0 Å². The number of rotatable bonds is 2. The normalized spacial score (nSPS) is 24.1. The predicted octanol–water partition coefficient (Wildman–Crippen LogP) is 2.29. The topological polar surface area (TPSA) is 15.3 Å². The highest BCUT2D eigenvalue weighted by Crippen LogP contribution is 2.25. The van der Waals surface area contributed by atoms with Crippen molar-refractivity contribution >= 4 is 5.69 Å². The average Bonchev–Trinajstić information content (AvgIpc) is 2.72. The lowest BCUT2D eigenvalue weighted by molar-refractivity contribution is 0.286. The van der Waals surface area contributed by atoms with Crippen LogP contribution in [0.4, 0.5) is 5.69 Å². The van der Waals surface area contributed by atoms with Gasteiger partial charge in [0.1, 0.15) is 0 Å². The van der Waals surface area contributed by atoms with E-state index in [1.165, 1.54) is 37.2 Å². The quantitative estimate of drug-likeness (QED) is 0.760. The van der Waals surface area contributed by atoms with Gasteiger partial charge < -0.3 is 5.32 Å². The first-order valence-corrected chi connectivity index (χ1v) is 6.13. The highest BCUT2D eigenvalue weighted by molar-refractivity contribution is 5.56. The van der Waals surface area contributed by atoms with E-state index in [0.717, 1.165) is 6.54 Å². The van der Waals surface area contributed by atoms with Gasteiger partial charge in [-0.2, -0.15) is 0 Å². The maximum atomic E-state index is 3.62. The lowest BCUT2D eigenvalue weighted by atomic mass is 10.1. The molecule has 2 nitrogen and oxygen atoms in total. The molecule has 0 saturated heterocycles. The molecule has 1 atom stereocenters. The van der Waals surface area contributed by atoms with Gasteiger partial charge in [-0.1, -0.05) is 30.4 Å². The molecule has 16 heavy (non-hydrogen) atoms. The lowest BCUT2D eigenvalue weighted by Crippen LogP contribution is -2.37. The number of hydrogen-bond acceptors (Lipinski definition) is 2. The molecule has 0 saturated carbocycles. The molecule has 0 bridgehead atoms. The number of hydrogen-bond donors (Lipinski definition) is 1. The zero-order valence-electron chi connectivity index (χ0n) is 9.52. The SMILES string of the molecule is C1=CCN(CC2Cc3ccccc3N2)CC1. The molecule has 3 rings (SSSR count). The molecule has 84 valence electrons. The molecule has 2 aliphatic rings. The van der Waals surface area contributed by atoms with Gasteiger partial charge in [-0.25, -0.2) is 0 Å². The summed E-state index contributed by atoms with van der Waals surface area (Å²) in [6.45, 7) is 3.50. The van der Waals surface area contributed by atoms with Crippen LogP contribution in [-0.4, -0.2) is 30.6 Å². The van der Waals surface area contributed by atoms with Crippen molar-refractivity contribution in [3.63, 3.8) is 0 Å². The van der Waals surface area contributed by atoms with E-state index in [-0.39, 0.29) is 0 Å². The van der Waals surface area contributed by atoms with Gasteiger partial charge in [0.15, 0.2) is 0 Å². The van der Waals surface area contributed by atoms with Crippen LogP contribution in [-0.2, 0) is 6.42 Å². The van der Waals surface area contributed by atoms with Gasteiger partial charge in [-0.15, -0.1) is 0 Å². The minimum absolute atomic E-state index is 0.601. The summed E-state index contributed by atoms with van der Waals surface area (Å²) in [6.07, 6.45) is 6.95. The summed E-state index contributed by atoms with van der Waals surface area (Å²) in [5.74, 6) is 0. The van der Waals surface area contributed by atoms with Crippen LogP contribution >= 0.6 is 0 Å². The summed E-state index contributed by atoms with van der Waals surface area (Å²) in [6, 6.07) is 9.26. The summed E-state index contributed by atoms with van der Waals surface area (Å²) in [5, 5.41) is 3.62. The van der Waals surface area contributed by atoms with Gasteiger partial charge in [-0.3, -0.25) is 4.90 Å². The molecule has 0 fully saturated rings. The van der Waals surface area contributed by atoms with Crippen molar-refractivity contribution in [2.24, 2.45) is 0 Å². The molecule has 1 unspecified atom stereocenters. The first kappa shape index (κ1) is 9.91. The van der Waals surface area contributed by atoms with Gasteiger partial charge in [0.2, 0.25) is 0 Å². The maximum Gasteiger partial charge on any atom is 0.0429 e. The minimum atomic E-state index is 0.601. The molecule has 0 radical (unpaired) electrons. The zero-order valence-corrected chi connectivity index (χ0v) is 9.52. The Balaban J connectivity index is 1.61. The van der Waals surface area contributed by atoms with E-state index in [1.807, 2.05) is 0 Å². The second-order valence-corrected chi connectivity index (χ2v) is 4.72.